The van der Waals surface area contributed by atoms with Gasteiger partial charge in [0.1, 0.15) is 5.54 Å². The Bertz CT molecular complexity index is 758. The van der Waals surface area contributed by atoms with Gasteiger partial charge >= 0.3 is 5.97 Å². The van der Waals surface area contributed by atoms with E-state index in [1.165, 1.54) is 6.92 Å². The van der Waals surface area contributed by atoms with E-state index in [-0.39, 0.29) is 17.0 Å². The average Bonchev–Trinajstić information content (AvgIpc) is 2.56. The van der Waals surface area contributed by atoms with Crippen molar-refractivity contribution in [2.75, 3.05) is 0 Å². The van der Waals surface area contributed by atoms with Crippen LogP contribution >= 0.6 is 11.6 Å². The van der Waals surface area contributed by atoms with E-state index in [4.69, 9.17) is 11.6 Å². The van der Waals surface area contributed by atoms with Crippen LogP contribution in [-0.4, -0.2) is 22.5 Å². The zero-order chi connectivity index (χ0) is 17.6. The summed E-state index contributed by atoms with van der Waals surface area (Å²) >= 11 is 5.99. The van der Waals surface area contributed by atoms with Crippen molar-refractivity contribution < 1.29 is 14.7 Å². The minimum atomic E-state index is -1.43. The van der Waals surface area contributed by atoms with Gasteiger partial charge in [0.2, 0.25) is 0 Å². The van der Waals surface area contributed by atoms with E-state index in [0.29, 0.717) is 0 Å². The third-order valence-corrected chi connectivity index (χ3v) is 3.95. The van der Waals surface area contributed by atoms with Gasteiger partial charge < -0.3 is 10.4 Å². The number of carboxylic acids is 1. The van der Waals surface area contributed by atoms with Crippen molar-refractivity contribution in [3.8, 4) is 0 Å². The Hall–Kier alpha value is -2.59. The molecule has 2 N–H and O–H groups in total. The van der Waals surface area contributed by atoms with Crippen LogP contribution in [0.25, 0.3) is 6.08 Å². The number of hydrogen-bond acceptors (Lipinski definition) is 2. The summed E-state index contributed by atoms with van der Waals surface area (Å²) in [4.78, 5) is 24.0. The lowest BCUT2D eigenvalue weighted by Gasteiger charge is -2.25. The van der Waals surface area contributed by atoms with Gasteiger partial charge in [-0.2, -0.15) is 0 Å². The number of halogens is 1. The second-order valence-electron chi connectivity index (χ2n) is 5.59. The zero-order valence-electron chi connectivity index (χ0n) is 13.2. The summed E-state index contributed by atoms with van der Waals surface area (Å²) in [5, 5.41) is 12.4. The Morgan fingerprint density at radius 3 is 2.38 bits per heavy atom. The molecule has 124 valence electrons. The fourth-order valence-corrected chi connectivity index (χ4v) is 2.37. The Balaban J connectivity index is 2.13. The largest absolute Gasteiger partial charge is 0.480 e. The summed E-state index contributed by atoms with van der Waals surface area (Å²) in [6.07, 6.45) is 3.70. The third-order valence-electron chi connectivity index (χ3n) is 3.62. The summed E-state index contributed by atoms with van der Waals surface area (Å²) < 4.78 is 0. The third kappa shape index (κ3) is 4.46. The van der Waals surface area contributed by atoms with E-state index >= 15 is 0 Å². The number of nitrogens with one attached hydrogen (secondary N) is 1. The molecule has 0 radical (unpaired) electrons. The van der Waals surface area contributed by atoms with Gasteiger partial charge in [-0.25, -0.2) is 4.79 Å². The van der Waals surface area contributed by atoms with Crippen LogP contribution in [0, 0.1) is 0 Å². The van der Waals surface area contributed by atoms with Crippen LogP contribution in [0.15, 0.2) is 60.7 Å². The number of benzene rings is 2. The number of rotatable bonds is 6. The highest BCUT2D eigenvalue weighted by Crippen LogP contribution is 2.18. The number of amides is 1. The van der Waals surface area contributed by atoms with Crippen molar-refractivity contribution in [1.29, 1.82) is 0 Å². The Kier molecular flexibility index (Phi) is 5.77. The van der Waals surface area contributed by atoms with E-state index < -0.39 is 17.4 Å². The van der Waals surface area contributed by atoms with Gasteiger partial charge in [0, 0.05) is 0 Å². The number of carbonyl (C=O) groups is 2. The minimum absolute atomic E-state index is 0.146. The van der Waals surface area contributed by atoms with Crippen LogP contribution in [0.3, 0.4) is 0 Å². The number of carbonyl (C=O) groups excluding carboxylic acids is 1. The lowest BCUT2D eigenvalue weighted by molar-refractivity contribution is -0.143. The maximum absolute atomic E-state index is 12.3. The second kappa shape index (κ2) is 7.79. The van der Waals surface area contributed by atoms with Crippen molar-refractivity contribution in [2.45, 2.75) is 18.9 Å². The maximum Gasteiger partial charge on any atom is 0.329 e. The van der Waals surface area contributed by atoms with Gasteiger partial charge in [-0.05, 0) is 31.0 Å². The standard InChI is InChI=1S/C19H18ClNO3/c1-19(18(23)24,13-7-10-14-8-3-2-4-9-14)21-17(22)15-11-5-6-12-16(15)20/h2-12H,13H2,1H3,(H,21,22)(H,23,24)/b10-7-/t19-/m0/s1. The van der Waals surface area contributed by atoms with Gasteiger partial charge in [0.15, 0.2) is 0 Å². The molecule has 2 rings (SSSR count). The second-order valence-corrected chi connectivity index (χ2v) is 6.00. The van der Waals surface area contributed by atoms with Crippen LogP contribution in [-0.2, 0) is 4.79 Å². The van der Waals surface area contributed by atoms with Gasteiger partial charge in [0.25, 0.3) is 5.91 Å². The molecular formula is C19H18ClNO3. The van der Waals surface area contributed by atoms with Gasteiger partial charge in [0.05, 0.1) is 10.6 Å². The molecular weight excluding hydrogens is 326 g/mol. The van der Waals surface area contributed by atoms with Crippen LogP contribution in [0.4, 0.5) is 0 Å². The first-order valence-electron chi connectivity index (χ1n) is 7.44. The van der Waals surface area contributed by atoms with E-state index in [1.807, 2.05) is 36.4 Å². The van der Waals surface area contributed by atoms with Crippen LogP contribution in [0.5, 0.6) is 0 Å². The lowest BCUT2D eigenvalue weighted by atomic mass is 9.96. The molecule has 0 spiro atoms. The molecule has 0 heterocycles. The first-order chi connectivity index (χ1) is 11.4. The Morgan fingerprint density at radius 1 is 1.12 bits per heavy atom. The Morgan fingerprint density at radius 2 is 1.75 bits per heavy atom. The van der Waals surface area contributed by atoms with Crippen LogP contribution in [0.1, 0.15) is 29.3 Å². The summed E-state index contributed by atoms with van der Waals surface area (Å²) in [5.41, 5.74) is -0.219. The van der Waals surface area contributed by atoms with Crippen molar-refractivity contribution in [3.05, 3.63) is 76.8 Å². The van der Waals surface area contributed by atoms with Gasteiger partial charge in [-0.1, -0.05) is 66.2 Å². The molecule has 1 atom stereocenters. The summed E-state index contributed by atoms with van der Waals surface area (Å²) in [6, 6.07) is 16.1. The maximum atomic E-state index is 12.3. The van der Waals surface area contributed by atoms with Crippen molar-refractivity contribution in [1.82, 2.24) is 5.32 Å². The molecule has 0 aliphatic rings. The van der Waals surface area contributed by atoms with E-state index in [1.54, 1.807) is 30.3 Å². The molecule has 24 heavy (non-hydrogen) atoms. The van der Waals surface area contributed by atoms with Crippen LogP contribution in [0.2, 0.25) is 5.02 Å². The van der Waals surface area contributed by atoms with E-state index in [9.17, 15) is 14.7 Å². The van der Waals surface area contributed by atoms with Gasteiger partial charge in [-0.3, -0.25) is 4.79 Å². The molecule has 5 heteroatoms. The van der Waals surface area contributed by atoms with Crippen molar-refractivity contribution in [3.63, 3.8) is 0 Å². The number of carboxylic acid groups (broad SMARTS) is 1. The highest BCUT2D eigenvalue weighted by molar-refractivity contribution is 6.33. The molecule has 0 aliphatic carbocycles. The lowest BCUT2D eigenvalue weighted by Crippen LogP contribution is -2.51. The van der Waals surface area contributed by atoms with E-state index in [0.717, 1.165) is 5.56 Å². The molecule has 1 amide bonds. The summed E-state index contributed by atoms with van der Waals surface area (Å²) in [6.45, 7) is 1.47. The smallest absolute Gasteiger partial charge is 0.329 e. The predicted molar refractivity (Wildman–Crippen MR) is 95.1 cm³/mol. The molecule has 2 aromatic carbocycles. The fraction of sp³-hybridized carbons (Fsp3) is 0.158. The van der Waals surface area contributed by atoms with Crippen molar-refractivity contribution in [2.24, 2.45) is 0 Å². The zero-order valence-corrected chi connectivity index (χ0v) is 14.0. The first kappa shape index (κ1) is 17.8. The quantitative estimate of drug-likeness (QED) is 0.832. The molecule has 0 aliphatic heterocycles. The highest BCUT2D eigenvalue weighted by atomic mass is 35.5. The molecule has 0 saturated carbocycles. The molecule has 4 nitrogen and oxygen atoms in total. The van der Waals surface area contributed by atoms with Crippen molar-refractivity contribution >= 4 is 29.6 Å². The normalized spacial score (nSPS) is 13.4. The number of aliphatic carboxylic acids is 1. The van der Waals surface area contributed by atoms with Gasteiger partial charge in [-0.15, -0.1) is 0 Å². The Labute approximate surface area is 145 Å². The molecule has 2 aromatic rings. The number of hydrogen-bond donors (Lipinski definition) is 2. The molecule has 0 bridgehead atoms. The summed E-state index contributed by atoms with van der Waals surface area (Å²) in [5.74, 6) is -1.63. The topological polar surface area (TPSA) is 66.4 Å². The highest BCUT2D eigenvalue weighted by Gasteiger charge is 2.34. The van der Waals surface area contributed by atoms with Crippen LogP contribution < -0.4 is 5.32 Å². The van der Waals surface area contributed by atoms with E-state index in [2.05, 4.69) is 5.32 Å². The fourth-order valence-electron chi connectivity index (χ4n) is 2.15. The molecule has 0 fully saturated rings. The SMILES string of the molecule is C[C@@](C/C=C\c1ccccc1)(NC(=O)c1ccccc1Cl)C(=O)O. The minimum Gasteiger partial charge on any atom is -0.480 e. The summed E-state index contributed by atoms with van der Waals surface area (Å²) in [7, 11) is 0. The molecule has 0 saturated heterocycles. The molecule has 0 unspecified atom stereocenters. The monoisotopic (exact) mass is 343 g/mol. The molecule has 0 aromatic heterocycles. The first-order valence-corrected chi connectivity index (χ1v) is 7.82. The predicted octanol–water partition coefficient (Wildman–Crippen LogP) is 4.02. The average molecular weight is 344 g/mol.